The highest BCUT2D eigenvalue weighted by Crippen LogP contribution is 2.43. The molecule has 5 rings (SSSR count). The molecule has 1 fully saturated rings. The third-order valence-electron chi connectivity index (χ3n) is 5.26. The first-order chi connectivity index (χ1) is 12.4. The molecule has 1 unspecified atom stereocenters. The van der Waals surface area contributed by atoms with E-state index in [0.717, 1.165) is 36.5 Å². The summed E-state index contributed by atoms with van der Waals surface area (Å²) in [4.78, 5) is 2.54. The molecule has 1 atom stereocenters. The molecule has 0 radical (unpaired) electrons. The molecule has 2 aliphatic heterocycles. The van der Waals surface area contributed by atoms with Crippen molar-refractivity contribution in [3.05, 3.63) is 53.7 Å². The Morgan fingerprint density at radius 2 is 2.04 bits per heavy atom. The number of nitrogens with one attached hydrogen (secondary N) is 1. The summed E-state index contributed by atoms with van der Waals surface area (Å²) in [5, 5.41) is 8.51. The van der Waals surface area contributed by atoms with Crippen LogP contribution in [0, 0.1) is 0 Å². The van der Waals surface area contributed by atoms with E-state index in [4.69, 9.17) is 9.47 Å². The third-order valence-corrected chi connectivity index (χ3v) is 5.26. The van der Waals surface area contributed by atoms with Gasteiger partial charge >= 0.3 is 0 Å². The number of hydrogen-bond acceptors (Lipinski definition) is 4. The van der Waals surface area contributed by atoms with E-state index in [1.807, 2.05) is 12.3 Å². The standard InChI is InChI=1S/C20H21N3O2/c1-4-14-12-21-22-19(14)15(5-1)13-23-9-3-7-17(23)16-6-2-8-18-20(16)25-11-10-24-18/h1-2,4-6,8,12,17H,3,7,9-11,13H2,(H,21,22). The van der Waals surface area contributed by atoms with Gasteiger partial charge in [0.1, 0.15) is 13.2 Å². The molecule has 25 heavy (non-hydrogen) atoms. The number of para-hydroxylation sites is 2. The normalized spacial score (nSPS) is 20.2. The van der Waals surface area contributed by atoms with Crippen LogP contribution < -0.4 is 9.47 Å². The Kier molecular flexibility index (Phi) is 3.59. The number of rotatable bonds is 3. The Morgan fingerprint density at radius 1 is 1.12 bits per heavy atom. The van der Waals surface area contributed by atoms with E-state index in [0.29, 0.717) is 19.3 Å². The predicted molar refractivity (Wildman–Crippen MR) is 95.9 cm³/mol. The largest absolute Gasteiger partial charge is 0.486 e. The lowest BCUT2D eigenvalue weighted by Gasteiger charge is -2.29. The molecule has 0 amide bonds. The number of benzene rings is 2. The van der Waals surface area contributed by atoms with Gasteiger partial charge in [0.15, 0.2) is 11.5 Å². The number of aromatic amines is 1. The number of H-pyrrole nitrogens is 1. The zero-order valence-corrected chi connectivity index (χ0v) is 14.1. The molecule has 3 heterocycles. The van der Waals surface area contributed by atoms with E-state index in [2.05, 4.69) is 45.4 Å². The summed E-state index contributed by atoms with van der Waals surface area (Å²) in [6, 6.07) is 13.0. The number of aromatic nitrogens is 2. The lowest BCUT2D eigenvalue weighted by molar-refractivity contribution is 0.163. The molecule has 2 aromatic carbocycles. The molecule has 1 saturated heterocycles. The maximum absolute atomic E-state index is 5.96. The number of ether oxygens (including phenoxy) is 2. The number of likely N-dealkylation sites (tertiary alicyclic amines) is 1. The first-order valence-electron chi connectivity index (χ1n) is 8.94. The van der Waals surface area contributed by atoms with Crippen LogP contribution in [-0.2, 0) is 6.54 Å². The molecule has 5 heteroatoms. The molecular weight excluding hydrogens is 314 g/mol. The quantitative estimate of drug-likeness (QED) is 0.793. The van der Waals surface area contributed by atoms with Gasteiger partial charge in [-0.25, -0.2) is 0 Å². The summed E-state index contributed by atoms with van der Waals surface area (Å²) in [6.45, 7) is 3.27. The predicted octanol–water partition coefficient (Wildman–Crippen LogP) is 3.67. The van der Waals surface area contributed by atoms with E-state index in [1.165, 1.54) is 22.9 Å². The summed E-state index contributed by atoms with van der Waals surface area (Å²) < 4.78 is 11.7. The molecule has 1 aromatic heterocycles. The summed E-state index contributed by atoms with van der Waals surface area (Å²) in [6.07, 6.45) is 4.24. The topological polar surface area (TPSA) is 50.4 Å². The molecule has 0 saturated carbocycles. The molecule has 0 spiro atoms. The van der Waals surface area contributed by atoms with Crippen molar-refractivity contribution in [1.29, 1.82) is 0 Å². The van der Waals surface area contributed by atoms with Gasteiger partial charge in [-0.1, -0.05) is 30.3 Å². The van der Waals surface area contributed by atoms with Crippen molar-refractivity contribution in [2.75, 3.05) is 19.8 Å². The second-order valence-corrected chi connectivity index (χ2v) is 6.75. The van der Waals surface area contributed by atoms with E-state index >= 15 is 0 Å². The monoisotopic (exact) mass is 335 g/mol. The average Bonchev–Trinajstić information content (AvgIpc) is 3.31. The van der Waals surface area contributed by atoms with Crippen LogP contribution >= 0.6 is 0 Å². The minimum Gasteiger partial charge on any atom is -0.486 e. The van der Waals surface area contributed by atoms with Crippen LogP contribution in [0.15, 0.2) is 42.6 Å². The zero-order chi connectivity index (χ0) is 16.6. The fourth-order valence-corrected chi connectivity index (χ4v) is 4.11. The highest BCUT2D eigenvalue weighted by Gasteiger charge is 2.30. The lowest BCUT2D eigenvalue weighted by Crippen LogP contribution is -2.25. The van der Waals surface area contributed by atoms with Crippen molar-refractivity contribution < 1.29 is 9.47 Å². The van der Waals surface area contributed by atoms with Crippen LogP contribution in [0.25, 0.3) is 10.9 Å². The minimum absolute atomic E-state index is 0.370. The average molecular weight is 335 g/mol. The zero-order valence-electron chi connectivity index (χ0n) is 14.1. The van der Waals surface area contributed by atoms with Crippen molar-refractivity contribution in [1.82, 2.24) is 15.1 Å². The van der Waals surface area contributed by atoms with E-state index in [9.17, 15) is 0 Å². The van der Waals surface area contributed by atoms with Gasteiger partial charge in [0, 0.05) is 23.5 Å². The van der Waals surface area contributed by atoms with Gasteiger partial charge in [-0.15, -0.1) is 0 Å². The molecular formula is C20H21N3O2. The van der Waals surface area contributed by atoms with Gasteiger partial charge in [0.2, 0.25) is 0 Å². The van der Waals surface area contributed by atoms with Crippen molar-refractivity contribution >= 4 is 10.9 Å². The summed E-state index contributed by atoms with van der Waals surface area (Å²) in [7, 11) is 0. The second-order valence-electron chi connectivity index (χ2n) is 6.75. The van der Waals surface area contributed by atoms with Crippen molar-refractivity contribution in [2.45, 2.75) is 25.4 Å². The Bertz CT molecular complexity index is 905. The van der Waals surface area contributed by atoms with Gasteiger partial charge < -0.3 is 9.47 Å². The maximum Gasteiger partial charge on any atom is 0.166 e. The molecule has 0 bridgehead atoms. The Balaban J connectivity index is 1.48. The van der Waals surface area contributed by atoms with Crippen LogP contribution in [0.5, 0.6) is 11.5 Å². The Labute approximate surface area is 146 Å². The van der Waals surface area contributed by atoms with E-state index < -0.39 is 0 Å². The number of nitrogens with zero attached hydrogens (tertiary/aromatic N) is 2. The highest BCUT2D eigenvalue weighted by atomic mass is 16.6. The summed E-state index contributed by atoms with van der Waals surface area (Å²) in [5.41, 5.74) is 3.69. The van der Waals surface area contributed by atoms with E-state index in [1.54, 1.807) is 0 Å². The lowest BCUT2D eigenvalue weighted by atomic mass is 10.0. The van der Waals surface area contributed by atoms with Crippen molar-refractivity contribution in [2.24, 2.45) is 0 Å². The molecule has 3 aromatic rings. The molecule has 1 N–H and O–H groups in total. The number of hydrogen-bond donors (Lipinski definition) is 1. The van der Waals surface area contributed by atoms with Crippen LogP contribution in [0.1, 0.15) is 30.0 Å². The van der Waals surface area contributed by atoms with Gasteiger partial charge in [0.25, 0.3) is 0 Å². The van der Waals surface area contributed by atoms with Crippen LogP contribution in [0.3, 0.4) is 0 Å². The summed E-state index contributed by atoms with van der Waals surface area (Å²) >= 11 is 0. The first-order valence-corrected chi connectivity index (χ1v) is 8.94. The fraction of sp³-hybridized carbons (Fsp3) is 0.350. The minimum atomic E-state index is 0.370. The molecule has 128 valence electrons. The van der Waals surface area contributed by atoms with E-state index in [-0.39, 0.29) is 0 Å². The Morgan fingerprint density at radius 3 is 3.04 bits per heavy atom. The van der Waals surface area contributed by atoms with Crippen LogP contribution in [0.4, 0.5) is 0 Å². The van der Waals surface area contributed by atoms with Crippen LogP contribution in [-0.4, -0.2) is 34.9 Å². The first kappa shape index (κ1) is 14.8. The molecule has 2 aliphatic rings. The van der Waals surface area contributed by atoms with Crippen LogP contribution in [0.2, 0.25) is 0 Å². The SMILES string of the molecule is c1cc2c(c(C3CCCN3Cc3cccc4cn[nH]c34)c1)OCCO2. The van der Waals surface area contributed by atoms with Gasteiger partial charge in [0.05, 0.1) is 11.7 Å². The van der Waals surface area contributed by atoms with Gasteiger partial charge in [-0.2, -0.15) is 5.10 Å². The summed E-state index contributed by atoms with van der Waals surface area (Å²) in [5.74, 6) is 1.82. The second kappa shape index (κ2) is 6.08. The van der Waals surface area contributed by atoms with Crippen molar-refractivity contribution in [3.8, 4) is 11.5 Å². The molecule has 5 nitrogen and oxygen atoms in total. The van der Waals surface area contributed by atoms with Crippen molar-refractivity contribution in [3.63, 3.8) is 0 Å². The maximum atomic E-state index is 5.96. The highest BCUT2D eigenvalue weighted by molar-refractivity contribution is 5.81. The van der Waals surface area contributed by atoms with Gasteiger partial charge in [-0.3, -0.25) is 10.00 Å². The fourth-order valence-electron chi connectivity index (χ4n) is 4.11. The molecule has 0 aliphatic carbocycles. The Hall–Kier alpha value is -2.53. The third kappa shape index (κ3) is 2.55. The smallest absolute Gasteiger partial charge is 0.166 e. The van der Waals surface area contributed by atoms with Gasteiger partial charge in [-0.05, 0) is 31.0 Å². The number of fused-ring (bicyclic) bond motifs is 2.